The van der Waals surface area contributed by atoms with Crippen molar-refractivity contribution in [1.82, 2.24) is 14.8 Å². The van der Waals surface area contributed by atoms with Crippen LogP contribution in [0.25, 0.3) is 11.4 Å². The number of rotatable bonds is 1. The second-order valence-electron chi connectivity index (χ2n) is 3.04. The maximum atomic E-state index is 6.04. The van der Waals surface area contributed by atoms with E-state index in [-0.39, 0.29) is 0 Å². The van der Waals surface area contributed by atoms with Gasteiger partial charge in [-0.3, -0.25) is 0 Å². The number of nitrogen functional groups attached to an aromatic ring is 1. The van der Waals surface area contributed by atoms with Crippen LogP contribution in [-0.4, -0.2) is 14.8 Å². The zero-order valence-corrected chi connectivity index (χ0v) is 10.2. The minimum atomic E-state index is 0.362. The van der Waals surface area contributed by atoms with Crippen LogP contribution in [0.4, 0.5) is 5.95 Å². The largest absolute Gasteiger partial charge is 0.368 e. The maximum absolute atomic E-state index is 6.04. The SMILES string of the molecule is Cn1nc(-c2cc(Br)ccc2Cl)nc1N. The van der Waals surface area contributed by atoms with E-state index in [1.54, 1.807) is 13.1 Å². The zero-order valence-electron chi connectivity index (χ0n) is 7.91. The molecule has 1 aromatic heterocycles. The number of benzene rings is 1. The third-order valence-corrected chi connectivity index (χ3v) is 2.79. The third kappa shape index (κ3) is 1.98. The third-order valence-electron chi connectivity index (χ3n) is 1.97. The summed E-state index contributed by atoms with van der Waals surface area (Å²) in [4.78, 5) is 4.11. The normalized spacial score (nSPS) is 10.6. The van der Waals surface area contributed by atoms with Gasteiger partial charge in [0.15, 0.2) is 5.82 Å². The topological polar surface area (TPSA) is 56.7 Å². The molecule has 0 aliphatic heterocycles. The summed E-state index contributed by atoms with van der Waals surface area (Å²) in [7, 11) is 1.73. The molecule has 0 amide bonds. The highest BCUT2D eigenvalue weighted by molar-refractivity contribution is 9.10. The molecule has 6 heteroatoms. The van der Waals surface area contributed by atoms with Crippen LogP contribution in [0, 0.1) is 0 Å². The minimum absolute atomic E-state index is 0.362. The second kappa shape index (κ2) is 3.83. The van der Waals surface area contributed by atoms with Crippen molar-refractivity contribution in [3.8, 4) is 11.4 Å². The second-order valence-corrected chi connectivity index (χ2v) is 4.36. The number of halogens is 2. The summed E-state index contributed by atoms with van der Waals surface area (Å²) >= 11 is 9.41. The first kappa shape index (κ1) is 10.4. The van der Waals surface area contributed by atoms with Crippen molar-refractivity contribution in [3.05, 3.63) is 27.7 Å². The van der Waals surface area contributed by atoms with Crippen molar-refractivity contribution >= 4 is 33.5 Å². The highest BCUT2D eigenvalue weighted by Crippen LogP contribution is 2.28. The molecule has 78 valence electrons. The van der Waals surface area contributed by atoms with E-state index >= 15 is 0 Å². The predicted molar refractivity (Wildman–Crippen MR) is 63.6 cm³/mol. The molecule has 0 saturated carbocycles. The molecule has 0 radical (unpaired) electrons. The molecule has 0 aliphatic carbocycles. The molecule has 0 fully saturated rings. The van der Waals surface area contributed by atoms with Gasteiger partial charge >= 0.3 is 0 Å². The Balaban J connectivity index is 2.58. The molecule has 2 rings (SSSR count). The molecule has 0 atom stereocenters. The first-order chi connectivity index (χ1) is 7.08. The number of aryl methyl sites for hydroxylation is 1. The lowest BCUT2D eigenvalue weighted by atomic mass is 10.2. The molecule has 1 heterocycles. The monoisotopic (exact) mass is 286 g/mol. The lowest BCUT2D eigenvalue weighted by Gasteiger charge is -1.99. The fourth-order valence-corrected chi connectivity index (χ4v) is 1.74. The van der Waals surface area contributed by atoms with Crippen LogP contribution >= 0.6 is 27.5 Å². The summed E-state index contributed by atoms with van der Waals surface area (Å²) in [5.41, 5.74) is 6.36. The minimum Gasteiger partial charge on any atom is -0.368 e. The van der Waals surface area contributed by atoms with Gasteiger partial charge in [-0.25, -0.2) is 4.68 Å². The van der Waals surface area contributed by atoms with Crippen LogP contribution in [0.15, 0.2) is 22.7 Å². The van der Waals surface area contributed by atoms with E-state index in [4.69, 9.17) is 17.3 Å². The van der Waals surface area contributed by atoms with E-state index < -0.39 is 0 Å². The van der Waals surface area contributed by atoms with E-state index in [0.29, 0.717) is 16.8 Å². The first-order valence-corrected chi connectivity index (χ1v) is 5.37. The first-order valence-electron chi connectivity index (χ1n) is 4.20. The highest BCUT2D eigenvalue weighted by Gasteiger charge is 2.10. The van der Waals surface area contributed by atoms with Gasteiger partial charge < -0.3 is 5.73 Å². The zero-order chi connectivity index (χ0) is 11.0. The summed E-state index contributed by atoms with van der Waals surface area (Å²) in [6.45, 7) is 0. The summed E-state index contributed by atoms with van der Waals surface area (Å²) in [6, 6.07) is 5.50. The van der Waals surface area contributed by atoms with Gasteiger partial charge in [-0.05, 0) is 18.2 Å². The van der Waals surface area contributed by atoms with Crippen LogP contribution in [0.3, 0.4) is 0 Å². The predicted octanol–water partition coefficient (Wildman–Crippen LogP) is 2.48. The molecule has 2 aromatic rings. The van der Waals surface area contributed by atoms with Crippen molar-refractivity contribution in [2.24, 2.45) is 7.05 Å². The van der Waals surface area contributed by atoms with Gasteiger partial charge in [-0.15, -0.1) is 5.10 Å². The van der Waals surface area contributed by atoms with Crippen LogP contribution in [0.1, 0.15) is 0 Å². The standard InChI is InChI=1S/C9H8BrClN4/c1-15-9(12)13-8(14-15)6-4-5(10)2-3-7(6)11/h2-4H,1H3,(H2,12,13,14). The van der Waals surface area contributed by atoms with Gasteiger partial charge in [-0.2, -0.15) is 4.98 Å². The number of nitrogens with zero attached hydrogens (tertiary/aromatic N) is 3. The quantitative estimate of drug-likeness (QED) is 0.876. The van der Waals surface area contributed by atoms with Gasteiger partial charge in [0.25, 0.3) is 0 Å². The number of hydrogen-bond acceptors (Lipinski definition) is 3. The van der Waals surface area contributed by atoms with Gasteiger partial charge in [0.05, 0.1) is 5.02 Å². The van der Waals surface area contributed by atoms with Gasteiger partial charge in [0, 0.05) is 17.1 Å². The highest BCUT2D eigenvalue weighted by atomic mass is 79.9. The molecule has 2 N–H and O–H groups in total. The van der Waals surface area contributed by atoms with Crippen molar-refractivity contribution in [2.45, 2.75) is 0 Å². The Morgan fingerprint density at radius 1 is 1.47 bits per heavy atom. The van der Waals surface area contributed by atoms with E-state index in [9.17, 15) is 0 Å². The lowest BCUT2D eigenvalue weighted by molar-refractivity contribution is 0.781. The summed E-state index contributed by atoms with van der Waals surface area (Å²) in [5.74, 6) is 0.891. The van der Waals surface area contributed by atoms with Crippen LogP contribution < -0.4 is 5.73 Å². The number of hydrogen-bond donors (Lipinski definition) is 1. The molecule has 0 saturated heterocycles. The number of nitrogens with two attached hydrogens (primary N) is 1. The van der Waals surface area contributed by atoms with Crippen molar-refractivity contribution in [2.75, 3.05) is 5.73 Å². The van der Waals surface area contributed by atoms with E-state index in [0.717, 1.165) is 10.0 Å². The van der Waals surface area contributed by atoms with Gasteiger partial charge in [0.2, 0.25) is 5.95 Å². The van der Waals surface area contributed by atoms with Crippen LogP contribution in [0.5, 0.6) is 0 Å². The number of anilines is 1. The summed E-state index contributed by atoms with van der Waals surface area (Å²) in [6.07, 6.45) is 0. The Morgan fingerprint density at radius 2 is 2.20 bits per heavy atom. The molecule has 4 nitrogen and oxygen atoms in total. The molecular weight excluding hydrogens is 279 g/mol. The molecule has 0 aliphatic rings. The van der Waals surface area contributed by atoms with Crippen LogP contribution in [-0.2, 0) is 7.05 Å². The fourth-order valence-electron chi connectivity index (χ4n) is 1.18. The van der Waals surface area contributed by atoms with E-state index in [2.05, 4.69) is 26.0 Å². The van der Waals surface area contributed by atoms with Crippen molar-refractivity contribution in [1.29, 1.82) is 0 Å². The van der Waals surface area contributed by atoms with E-state index in [1.165, 1.54) is 4.68 Å². The Kier molecular flexibility index (Phi) is 2.67. The molecule has 1 aromatic carbocycles. The number of aromatic nitrogens is 3. The van der Waals surface area contributed by atoms with Crippen molar-refractivity contribution < 1.29 is 0 Å². The van der Waals surface area contributed by atoms with Gasteiger partial charge in [0.1, 0.15) is 0 Å². The Morgan fingerprint density at radius 3 is 2.80 bits per heavy atom. The lowest BCUT2D eigenvalue weighted by Crippen LogP contribution is -1.97. The molecule has 0 spiro atoms. The Hall–Kier alpha value is -1.07. The summed E-state index contributed by atoms with van der Waals surface area (Å²) < 4.78 is 2.43. The summed E-state index contributed by atoms with van der Waals surface area (Å²) in [5, 5.41) is 4.76. The molecule has 0 unspecified atom stereocenters. The smallest absolute Gasteiger partial charge is 0.218 e. The van der Waals surface area contributed by atoms with E-state index in [1.807, 2.05) is 12.1 Å². The van der Waals surface area contributed by atoms with Crippen LogP contribution in [0.2, 0.25) is 5.02 Å². The maximum Gasteiger partial charge on any atom is 0.218 e. The average molecular weight is 288 g/mol. The van der Waals surface area contributed by atoms with Crippen molar-refractivity contribution in [3.63, 3.8) is 0 Å². The van der Waals surface area contributed by atoms with Gasteiger partial charge in [-0.1, -0.05) is 27.5 Å². The Bertz CT molecular complexity index is 489. The molecule has 0 bridgehead atoms. The molecule has 15 heavy (non-hydrogen) atoms. The average Bonchev–Trinajstić information content (AvgIpc) is 2.51. The Labute approximate surface area is 100 Å². The fraction of sp³-hybridized carbons (Fsp3) is 0.111. The molecular formula is C9H8BrClN4.